The summed E-state index contributed by atoms with van der Waals surface area (Å²) < 4.78 is 0. The minimum absolute atomic E-state index is 0.177. The Balaban J connectivity index is 1.37. The second kappa shape index (κ2) is 7.48. The van der Waals surface area contributed by atoms with Crippen molar-refractivity contribution in [3.63, 3.8) is 0 Å². The Morgan fingerprint density at radius 2 is 1.54 bits per heavy atom. The summed E-state index contributed by atoms with van der Waals surface area (Å²) in [6.07, 6.45) is 14.9. The van der Waals surface area contributed by atoms with E-state index in [4.69, 9.17) is 0 Å². The Bertz CT molecular complexity index is 680. The highest BCUT2D eigenvalue weighted by atomic mass is 16.2. The Morgan fingerprint density at radius 1 is 0.857 bits per heavy atom. The van der Waals surface area contributed by atoms with E-state index in [9.17, 15) is 4.79 Å². The molecule has 0 aromatic heterocycles. The predicted octanol–water partition coefficient (Wildman–Crippen LogP) is 4.88. The molecule has 1 aromatic carbocycles. The van der Waals surface area contributed by atoms with Gasteiger partial charge < -0.3 is 5.32 Å². The molecule has 1 spiro atoms. The maximum absolute atomic E-state index is 13.0. The fraction of sp³-hybridized carbons (Fsp3) is 0.720. The smallest absolute Gasteiger partial charge is 0.227 e. The van der Waals surface area contributed by atoms with Crippen molar-refractivity contribution in [2.45, 2.75) is 82.1 Å². The maximum atomic E-state index is 13.0. The van der Waals surface area contributed by atoms with Gasteiger partial charge in [-0.25, -0.2) is 0 Å². The normalized spacial score (nSPS) is 30.6. The molecular weight excluding hydrogens is 344 g/mol. The molecule has 5 rings (SSSR count). The number of rotatable bonds is 3. The van der Waals surface area contributed by atoms with Crippen molar-refractivity contribution in [3.8, 4) is 0 Å². The van der Waals surface area contributed by atoms with E-state index in [1.807, 2.05) is 0 Å². The van der Waals surface area contributed by atoms with Crippen LogP contribution in [0.1, 0.15) is 82.1 Å². The van der Waals surface area contributed by atoms with Gasteiger partial charge in [0.25, 0.3) is 0 Å². The second-order valence-electron chi connectivity index (χ2n) is 9.96. The van der Waals surface area contributed by atoms with E-state index in [2.05, 4.69) is 40.5 Å². The molecule has 2 heterocycles. The van der Waals surface area contributed by atoms with Crippen LogP contribution in [0.2, 0.25) is 0 Å². The number of nitrogens with zero attached hydrogens (tertiary/aromatic N) is 1. The second-order valence-corrected chi connectivity index (χ2v) is 9.96. The lowest BCUT2D eigenvalue weighted by Crippen LogP contribution is -2.59. The molecule has 2 aliphatic carbocycles. The zero-order valence-corrected chi connectivity index (χ0v) is 17.3. The zero-order valence-electron chi connectivity index (χ0n) is 17.3. The van der Waals surface area contributed by atoms with Gasteiger partial charge in [-0.3, -0.25) is 9.69 Å². The minimum Gasteiger partial charge on any atom is -0.355 e. The summed E-state index contributed by atoms with van der Waals surface area (Å²) in [6.45, 7) is 3.05. The highest BCUT2D eigenvalue weighted by Gasteiger charge is 2.55. The van der Waals surface area contributed by atoms with Crippen LogP contribution >= 0.6 is 0 Å². The van der Waals surface area contributed by atoms with Crippen molar-refractivity contribution in [2.24, 2.45) is 11.3 Å². The Labute approximate surface area is 170 Å². The topological polar surface area (TPSA) is 32.3 Å². The van der Waals surface area contributed by atoms with E-state index in [-0.39, 0.29) is 5.41 Å². The van der Waals surface area contributed by atoms with Crippen LogP contribution in [-0.2, 0) is 4.79 Å². The lowest BCUT2D eigenvalue weighted by molar-refractivity contribution is -0.133. The summed E-state index contributed by atoms with van der Waals surface area (Å²) in [6, 6.07) is 10.8. The minimum atomic E-state index is -0.177. The van der Waals surface area contributed by atoms with Gasteiger partial charge in [-0.05, 0) is 63.1 Å². The molecular formula is C25H36N2O. The maximum Gasteiger partial charge on any atom is 0.227 e. The zero-order chi connectivity index (χ0) is 19.0. The van der Waals surface area contributed by atoms with Gasteiger partial charge in [-0.1, -0.05) is 62.4 Å². The highest BCUT2D eigenvalue weighted by molar-refractivity contribution is 5.86. The number of piperidine rings is 1. The first-order valence-corrected chi connectivity index (χ1v) is 11.8. The summed E-state index contributed by atoms with van der Waals surface area (Å²) >= 11 is 0. The molecule has 0 bridgehead atoms. The molecule has 1 N–H and O–H groups in total. The van der Waals surface area contributed by atoms with E-state index in [0.717, 1.165) is 38.4 Å². The van der Waals surface area contributed by atoms with Crippen molar-refractivity contribution in [1.82, 2.24) is 10.2 Å². The van der Waals surface area contributed by atoms with Gasteiger partial charge in [0.15, 0.2) is 0 Å². The largest absolute Gasteiger partial charge is 0.355 e. The van der Waals surface area contributed by atoms with Crippen LogP contribution in [0, 0.1) is 11.3 Å². The molecule has 2 aliphatic heterocycles. The number of carbonyl (C=O) groups excluding carboxylic acids is 1. The number of carbonyl (C=O) groups is 1. The van der Waals surface area contributed by atoms with Crippen LogP contribution in [0.5, 0.6) is 0 Å². The van der Waals surface area contributed by atoms with Gasteiger partial charge in [0.05, 0.1) is 5.41 Å². The Kier molecular flexibility index (Phi) is 4.99. The fourth-order valence-electron chi connectivity index (χ4n) is 7.38. The van der Waals surface area contributed by atoms with E-state index in [0.29, 0.717) is 17.4 Å². The van der Waals surface area contributed by atoms with Gasteiger partial charge in [0, 0.05) is 18.0 Å². The monoisotopic (exact) mass is 380 g/mol. The lowest BCUT2D eigenvalue weighted by atomic mass is 9.65. The number of benzene rings is 1. The molecule has 1 unspecified atom stereocenters. The Morgan fingerprint density at radius 3 is 2.21 bits per heavy atom. The van der Waals surface area contributed by atoms with E-state index >= 15 is 0 Å². The van der Waals surface area contributed by atoms with Crippen LogP contribution in [0.15, 0.2) is 30.3 Å². The quantitative estimate of drug-likeness (QED) is 0.811. The lowest BCUT2D eigenvalue weighted by Gasteiger charge is -2.54. The molecule has 3 nitrogen and oxygen atoms in total. The number of hydrogen-bond donors (Lipinski definition) is 1. The standard InChI is InChI=1S/C25H36N2O/c28-23-24(22(19-26-23)20-9-3-1-4-10-20)15-17-27(18-16-24)25(13-7-2-8-14-25)21-11-5-6-12-21/h1,3-4,9-10,21-22H,2,5-8,11-19H2,(H,26,28). The average Bonchev–Trinajstić information content (AvgIpc) is 3.40. The average molecular weight is 381 g/mol. The molecule has 28 heavy (non-hydrogen) atoms. The molecule has 4 fully saturated rings. The third-order valence-corrected chi connectivity index (χ3v) is 8.91. The number of likely N-dealkylation sites (tertiary alicyclic amines) is 1. The van der Waals surface area contributed by atoms with Crippen LogP contribution in [0.25, 0.3) is 0 Å². The van der Waals surface area contributed by atoms with Crippen LogP contribution in [0.4, 0.5) is 0 Å². The summed E-state index contributed by atoms with van der Waals surface area (Å²) in [5.74, 6) is 1.57. The van der Waals surface area contributed by atoms with Gasteiger partial charge in [-0.2, -0.15) is 0 Å². The SMILES string of the molecule is O=C1NCC(c2ccccc2)C12CCN(C1(C3CCCC3)CCCCC1)CC2. The van der Waals surface area contributed by atoms with E-state index in [1.165, 1.54) is 63.4 Å². The van der Waals surface area contributed by atoms with Gasteiger partial charge in [0.2, 0.25) is 5.91 Å². The molecule has 4 aliphatic rings. The van der Waals surface area contributed by atoms with Crippen molar-refractivity contribution in [3.05, 3.63) is 35.9 Å². The first-order chi connectivity index (χ1) is 13.7. The summed E-state index contributed by atoms with van der Waals surface area (Å²) in [5, 5.41) is 3.23. The molecule has 3 heteroatoms. The fourth-order valence-corrected chi connectivity index (χ4v) is 7.38. The van der Waals surface area contributed by atoms with Gasteiger partial charge in [-0.15, -0.1) is 0 Å². The van der Waals surface area contributed by atoms with Gasteiger partial charge in [0.1, 0.15) is 0 Å². The van der Waals surface area contributed by atoms with Crippen molar-refractivity contribution in [1.29, 1.82) is 0 Å². The Hall–Kier alpha value is -1.35. The number of amides is 1. The molecule has 1 amide bonds. The molecule has 2 saturated carbocycles. The van der Waals surface area contributed by atoms with E-state index in [1.54, 1.807) is 0 Å². The molecule has 1 aromatic rings. The number of hydrogen-bond acceptors (Lipinski definition) is 2. The molecule has 152 valence electrons. The highest BCUT2D eigenvalue weighted by Crippen LogP contribution is 2.52. The summed E-state index contributed by atoms with van der Waals surface area (Å²) in [7, 11) is 0. The van der Waals surface area contributed by atoms with Crippen molar-refractivity contribution < 1.29 is 4.79 Å². The van der Waals surface area contributed by atoms with Crippen LogP contribution in [0.3, 0.4) is 0 Å². The van der Waals surface area contributed by atoms with Crippen molar-refractivity contribution in [2.75, 3.05) is 19.6 Å². The van der Waals surface area contributed by atoms with Crippen LogP contribution in [-0.4, -0.2) is 36.0 Å². The van der Waals surface area contributed by atoms with Crippen LogP contribution < -0.4 is 5.32 Å². The molecule has 0 radical (unpaired) electrons. The third-order valence-electron chi connectivity index (χ3n) is 8.91. The first-order valence-electron chi connectivity index (χ1n) is 11.8. The molecule has 2 saturated heterocycles. The predicted molar refractivity (Wildman–Crippen MR) is 113 cm³/mol. The molecule has 1 atom stereocenters. The third kappa shape index (κ3) is 2.93. The van der Waals surface area contributed by atoms with E-state index < -0.39 is 0 Å². The van der Waals surface area contributed by atoms with Crippen molar-refractivity contribution >= 4 is 5.91 Å². The van der Waals surface area contributed by atoms with Gasteiger partial charge >= 0.3 is 0 Å². The first kappa shape index (κ1) is 18.7. The number of nitrogens with one attached hydrogen (secondary N) is 1. The summed E-state index contributed by atoms with van der Waals surface area (Å²) in [4.78, 5) is 15.9. The summed E-state index contributed by atoms with van der Waals surface area (Å²) in [5.41, 5.74) is 1.62.